The summed E-state index contributed by atoms with van der Waals surface area (Å²) in [5.41, 5.74) is 7.81. The summed E-state index contributed by atoms with van der Waals surface area (Å²) in [6, 6.07) is 9.75. The molecule has 1 aliphatic rings. The topological polar surface area (TPSA) is 124 Å². The fraction of sp³-hybridized carbons (Fsp3) is 0.263. The van der Waals surface area contributed by atoms with Gasteiger partial charge >= 0.3 is 5.97 Å². The molecular formula is C19H18N4O4. The van der Waals surface area contributed by atoms with Gasteiger partial charge in [-0.3, -0.25) is 10.1 Å². The Balaban J connectivity index is 1.96. The van der Waals surface area contributed by atoms with E-state index in [2.05, 4.69) is 9.55 Å². The fourth-order valence-electron chi connectivity index (χ4n) is 3.81. The average Bonchev–Trinajstić information content (AvgIpc) is 3.28. The zero-order valence-electron chi connectivity index (χ0n) is 14.5. The number of aromatic nitrogens is 2. The van der Waals surface area contributed by atoms with Crippen molar-refractivity contribution < 1.29 is 14.8 Å². The van der Waals surface area contributed by atoms with E-state index < -0.39 is 10.9 Å². The lowest BCUT2D eigenvalue weighted by atomic mass is 10.1. The molecule has 1 heterocycles. The number of nitrogens with zero attached hydrogens (tertiary/aromatic N) is 3. The number of nitro benzene ring substituents is 1. The van der Waals surface area contributed by atoms with Gasteiger partial charge in [0, 0.05) is 17.7 Å². The van der Waals surface area contributed by atoms with Crippen molar-refractivity contribution in [2.24, 2.45) is 0 Å². The lowest BCUT2D eigenvalue weighted by molar-refractivity contribution is -0.383. The fourth-order valence-corrected chi connectivity index (χ4v) is 3.81. The number of nitrogens with two attached hydrogens (primary N) is 1. The number of benzene rings is 2. The molecule has 0 atom stereocenters. The highest BCUT2D eigenvalue weighted by molar-refractivity contribution is 5.93. The minimum absolute atomic E-state index is 0.0976. The van der Waals surface area contributed by atoms with Crippen LogP contribution in [0.15, 0.2) is 36.4 Å². The Morgan fingerprint density at radius 3 is 2.63 bits per heavy atom. The van der Waals surface area contributed by atoms with Crippen molar-refractivity contribution >= 4 is 28.4 Å². The van der Waals surface area contributed by atoms with E-state index in [-0.39, 0.29) is 23.0 Å². The lowest BCUT2D eigenvalue weighted by Gasteiger charge is -2.16. The van der Waals surface area contributed by atoms with Gasteiger partial charge in [0.15, 0.2) is 0 Å². The molecule has 27 heavy (non-hydrogen) atoms. The minimum Gasteiger partial charge on any atom is -0.478 e. The molecule has 3 aromatic rings. The van der Waals surface area contributed by atoms with Crippen molar-refractivity contribution in [3.05, 3.63) is 52.1 Å². The Bertz CT molecular complexity index is 1070. The van der Waals surface area contributed by atoms with Crippen molar-refractivity contribution in [3.63, 3.8) is 0 Å². The molecule has 0 saturated heterocycles. The monoisotopic (exact) mass is 366 g/mol. The molecule has 1 aromatic heterocycles. The van der Waals surface area contributed by atoms with E-state index >= 15 is 0 Å². The first-order chi connectivity index (χ1) is 13.0. The molecule has 138 valence electrons. The zero-order valence-corrected chi connectivity index (χ0v) is 14.5. The average molecular weight is 366 g/mol. The van der Waals surface area contributed by atoms with E-state index in [9.17, 15) is 20.0 Å². The van der Waals surface area contributed by atoms with E-state index in [1.165, 1.54) is 12.1 Å². The molecule has 4 rings (SSSR count). The number of anilines is 1. The van der Waals surface area contributed by atoms with Crippen LogP contribution in [-0.4, -0.2) is 25.6 Å². The maximum Gasteiger partial charge on any atom is 0.335 e. The van der Waals surface area contributed by atoms with Crippen molar-refractivity contribution in [2.75, 3.05) is 5.73 Å². The Morgan fingerprint density at radius 2 is 1.96 bits per heavy atom. The second-order valence-corrected chi connectivity index (χ2v) is 6.78. The van der Waals surface area contributed by atoms with Gasteiger partial charge in [-0.15, -0.1) is 0 Å². The number of nitro groups is 1. The first-order valence-electron chi connectivity index (χ1n) is 8.75. The molecule has 0 amide bonds. The summed E-state index contributed by atoms with van der Waals surface area (Å²) < 4.78 is 2.09. The molecule has 1 aliphatic carbocycles. The standard InChI is InChI=1S/C19H18N4O4/c20-14-7-5-11(10-17(14)23(26)27)18-21-15-9-12(19(24)25)6-8-16(15)22(18)13-3-1-2-4-13/h5-10,13H,1-4,20H2,(H,24,25). The summed E-state index contributed by atoms with van der Waals surface area (Å²) in [6.45, 7) is 0. The van der Waals surface area contributed by atoms with Gasteiger partial charge in [0.05, 0.1) is 21.5 Å². The van der Waals surface area contributed by atoms with E-state index in [1.807, 2.05) is 0 Å². The molecule has 0 bridgehead atoms. The number of rotatable bonds is 4. The van der Waals surface area contributed by atoms with Gasteiger partial charge in [0.1, 0.15) is 11.5 Å². The first-order valence-corrected chi connectivity index (χ1v) is 8.75. The second kappa shape index (κ2) is 6.39. The highest BCUT2D eigenvalue weighted by Crippen LogP contribution is 2.38. The van der Waals surface area contributed by atoms with Gasteiger partial charge in [-0.25, -0.2) is 9.78 Å². The number of fused-ring (bicyclic) bond motifs is 1. The smallest absolute Gasteiger partial charge is 0.335 e. The van der Waals surface area contributed by atoms with Crippen LogP contribution in [0.3, 0.4) is 0 Å². The number of hydrogen-bond acceptors (Lipinski definition) is 5. The van der Waals surface area contributed by atoms with E-state index in [0.29, 0.717) is 16.9 Å². The Kier molecular flexibility index (Phi) is 4.02. The quantitative estimate of drug-likeness (QED) is 0.408. The summed E-state index contributed by atoms with van der Waals surface area (Å²) in [7, 11) is 0. The number of imidazole rings is 1. The van der Waals surface area contributed by atoms with Crippen LogP contribution in [-0.2, 0) is 0 Å². The highest BCUT2D eigenvalue weighted by atomic mass is 16.6. The first kappa shape index (κ1) is 17.0. The molecule has 8 nitrogen and oxygen atoms in total. The summed E-state index contributed by atoms with van der Waals surface area (Å²) in [5.74, 6) is -0.417. The van der Waals surface area contributed by atoms with E-state index in [0.717, 1.165) is 31.2 Å². The van der Waals surface area contributed by atoms with E-state index in [4.69, 9.17) is 5.73 Å². The molecular weight excluding hydrogens is 348 g/mol. The molecule has 0 aliphatic heterocycles. The predicted molar refractivity (Wildman–Crippen MR) is 101 cm³/mol. The van der Waals surface area contributed by atoms with Crippen molar-refractivity contribution in [2.45, 2.75) is 31.7 Å². The van der Waals surface area contributed by atoms with Crippen LogP contribution in [0.4, 0.5) is 11.4 Å². The molecule has 1 saturated carbocycles. The van der Waals surface area contributed by atoms with Gasteiger partial charge in [-0.1, -0.05) is 12.8 Å². The van der Waals surface area contributed by atoms with Gasteiger partial charge in [-0.05, 0) is 43.2 Å². The van der Waals surface area contributed by atoms with Crippen LogP contribution in [0.1, 0.15) is 42.1 Å². The number of aromatic carboxylic acids is 1. The third-order valence-corrected chi connectivity index (χ3v) is 5.11. The maximum atomic E-state index is 11.3. The second-order valence-electron chi connectivity index (χ2n) is 6.78. The molecule has 2 aromatic carbocycles. The van der Waals surface area contributed by atoms with Gasteiger partial charge in [0.2, 0.25) is 0 Å². The molecule has 1 fully saturated rings. The number of carboxylic acids is 1. The summed E-state index contributed by atoms with van der Waals surface area (Å²) >= 11 is 0. The van der Waals surface area contributed by atoms with Crippen LogP contribution >= 0.6 is 0 Å². The van der Waals surface area contributed by atoms with E-state index in [1.54, 1.807) is 24.3 Å². The molecule has 0 unspecified atom stereocenters. The lowest BCUT2D eigenvalue weighted by Crippen LogP contribution is -2.07. The van der Waals surface area contributed by atoms with Crippen LogP contribution < -0.4 is 5.73 Å². The largest absolute Gasteiger partial charge is 0.478 e. The maximum absolute atomic E-state index is 11.3. The molecule has 0 spiro atoms. The number of carbonyl (C=O) groups is 1. The summed E-state index contributed by atoms with van der Waals surface area (Å²) in [6.07, 6.45) is 4.21. The predicted octanol–water partition coefficient (Wildman–Crippen LogP) is 4.01. The van der Waals surface area contributed by atoms with Crippen molar-refractivity contribution in [3.8, 4) is 11.4 Å². The van der Waals surface area contributed by atoms with Gasteiger partial charge in [0.25, 0.3) is 5.69 Å². The summed E-state index contributed by atoms with van der Waals surface area (Å²) in [5, 5.41) is 20.5. The number of carboxylic acid groups (broad SMARTS) is 1. The highest BCUT2D eigenvalue weighted by Gasteiger charge is 2.25. The minimum atomic E-state index is -1.02. The van der Waals surface area contributed by atoms with Crippen LogP contribution in [0.25, 0.3) is 22.4 Å². The van der Waals surface area contributed by atoms with Crippen LogP contribution in [0, 0.1) is 10.1 Å². The molecule has 0 radical (unpaired) electrons. The van der Waals surface area contributed by atoms with Crippen LogP contribution in [0.5, 0.6) is 0 Å². The molecule has 3 N–H and O–H groups in total. The normalized spacial score (nSPS) is 14.7. The molecule has 8 heteroatoms. The number of nitrogen functional groups attached to an aromatic ring is 1. The third-order valence-electron chi connectivity index (χ3n) is 5.11. The SMILES string of the molecule is Nc1ccc(-c2nc3cc(C(=O)O)ccc3n2C2CCCC2)cc1[N+](=O)[O-]. The van der Waals surface area contributed by atoms with Gasteiger partial charge < -0.3 is 15.4 Å². The Labute approximate surface area is 154 Å². The Morgan fingerprint density at radius 1 is 1.22 bits per heavy atom. The van der Waals surface area contributed by atoms with Crippen molar-refractivity contribution in [1.82, 2.24) is 9.55 Å². The third kappa shape index (κ3) is 2.88. The zero-order chi connectivity index (χ0) is 19.1. The van der Waals surface area contributed by atoms with Crippen molar-refractivity contribution in [1.29, 1.82) is 0 Å². The van der Waals surface area contributed by atoms with Gasteiger partial charge in [-0.2, -0.15) is 0 Å². The summed E-state index contributed by atoms with van der Waals surface area (Å²) in [4.78, 5) is 26.7. The Hall–Kier alpha value is -3.42. The van der Waals surface area contributed by atoms with Crippen LogP contribution in [0.2, 0.25) is 0 Å². The number of hydrogen-bond donors (Lipinski definition) is 2.